The van der Waals surface area contributed by atoms with E-state index in [2.05, 4.69) is 41.1 Å². The van der Waals surface area contributed by atoms with Crippen molar-refractivity contribution < 1.29 is 19.1 Å². The molecule has 1 heterocycles. The summed E-state index contributed by atoms with van der Waals surface area (Å²) < 4.78 is 12.1. The summed E-state index contributed by atoms with van der Waals surface area (Å²) in [4.78, 5) is 25.7. The minimum absolute atomic E-state index is 0.152. The molecule has 1 aromatic carbocycles. The Bertz CT molecular complexity index is 755. The molecule has 152 valence electrons. The van der Waals surface area contributed by atoms with Crippen LogP contribution in [-0.4, -0.2) is 54.9 Å². The van der Waals surface area contributed by atoms with Crippen molar-refractivity contribution in [3.63, 3.8) is 0 Å². The number of nitrogens with one attached hydrogen (secondary N) is 1. The molecule has 0 radical (unpaired) electrons. The molecule has 2 rings (SSSR count). The van der Waals surface area contributed by atoms with Gasteiger partial charge in [0.1, 0.15) is 6.54 Å². The first-order chi connectivity index (χ1) is 13.5. The second-order valence-electron chi connectivity index (χ2n) is 6.49. The van der Waals surface area contributed by atoms with Crippen molar-refractivity contribution in [2.45, 2.75) is 26.9 Å². The smallest absolute Gasteiger partial charge is 0.325 e. The maximum absolute atomic E-state index is 12.5. The van der Waals surface area contributed by atoms with E-state index in [4.69, 9.17) is 9.47 Å². The summed E-state index contributed by atoms with van der Waals surface area (Å²) in [5.41, 5.74) is 3.42. The number of ether oxygens (including phenoxy) is 2. The van der Waals surface area contributed by atoms with Gasteiger partial charge in [-0.2, -0.15) is 0 Å². The van der Waals surface area contributed by atoms with Crippen LogP contribution in [0.3, 0.4) is 0 Å². The Morgan fingerprint density at radius 1 is 1.18 bits per heavy atom. The van der Waals surface area contributed by atoms with Gasteiger partial charge in [0.25, 0.3) is 0 Å². The van der Waals surface area contributed by atoms with Crippen LogP contribution in [0.1, 0.15) is 23.7 Å². The summed E-state index contributed by atoms with van der Waals surface area (Å²) in [6, 6.07) is 12.0. The zero-order chi connectivity index (χ0) is 20.4. The molecule has 0 spiro atoms. The highest BCUT2D eigenvalue weighted by Crippen LogP contribution is 2.12. The van der Waals surface area contributed by atoms with E-state index in [1.54, 1.807) is 18.9 Å². The molecule has 0 fully saturated rings. The van der Waals surface area contributed by atoms with E-state index in [1.807, 2.05) is 18.3 Å². The summed E-state index contributed by atoms with van der Waals surface area (Å²) in [7, 11) is 1.59. The number of hydrogen-bond acceptors (Lipinski definition) is 4. The molecular weight excluding hydrogens is 358 g/mol. The van der Waals surface area contributed by atoms with Gasteiger partial charge in [0, 0.05) is 32.1 Å². The molecule has 1 N–H and O–H groups in total. The Hall–Kier alpha value is -2.80. The number of aromatic nitrogens is 1. The number of carbonyl (C=O) groups excluding carboxylic acids is 2. The number of amides is 2. The van der Waals surface area contributed by atoms with Crippen LogP contribution in [0.25, 0.3) is 0 Å². The highest BCUT2D eigenvalue weighted by molar-refractivity contribution is 5.80. The molecular formula is C21H29N3O4. The number of hydrogen-bond donors (Lipinski definition) is 1. The normalized spacial score (nSPS) is 10.5. The number of urea groups is 1. The summed E-state index contributed by atoms with van der Waals surface area (Å²) in [5.74, 6) is -0.453. The lowest BCUT2D eigenvalue weighted by Gasteiger charge is -2.23. The average Bonchev–Trinajstić information content (AvgIpc) is 3.12. The van der Waals surface area contributed by atoms with Gasteiger partial charge in [0.2, 0.25) is 0 Å². The third-order valence-corrected chi connectivity index (χ3v) is 4.29. The maximum Gasteiger partial charge on any atom is 0.325 e. The average molecular weight is 387 g/mol. The summed E-state index contributed by atoms with van der Waals surface area (Å²) in [5, 5.41) is 2.61. The quantitative estimate of drug-likeness (QED) is 0.636. The topological polar surface area (TPSA) is 72.8 Å². The number of esters is 1. The van der Waals surface area contributed by atoms with Crippen LogP contribution in [0.5, 0.6) is 0 Å². The Kier molecular flexibility index (Phi) is 8.55. The molecule has 0 saturated carbocycles. The first-order valence-electron chi connectivity index (χ1n) is 9.40. The number of carbonyl (C=O) groups is 2. The third kappa shape index (κ3) is 6.74. The van der Waals surface area contributed by atoms with Gasteiger partial charge in [0.15, 0.2) is 0 Å². The minimum atomic E-state index is -0.453. The Labute approximate surface area is 166 Å². The van der Waals surface area contributed by atoms with Crippen molar-refractivity contribution >= 4 is 12.0 Å². The van der Waals surface area contributed by atoms with E-state index in [1.165, 1.54) is 11.1 Å². The van der Waals surface area contributed by atoms with Gasteiger partial charge in [-0.15, -0.1) is 0 Å². The monoisotopic (exact) mass is 387 g/mol. The zero-order valence-electron chi connectivity index (χ0n) is 16.8. The minimum Gasteiger partial charge on any atom is -0.465 e. The number of methoxy groups -OCH3 is 1. The first-order valence-corrected chi connectivity index (χ1v) is 9.40. The standard InChI is InChI=1S/C21H29N3O4/c1-4-28-20(25)14-22-21(26)24(12-13-27-3)16-19-6-5-11-23(19)15-18-9-7-17(2)8-10-18/h5-11H,4,12-16H2,1-3H3,(H,22,26). The van der Waals surface area contributed by atoms with Crippen LogP contribution >= 0.6 is 0 Å². The van der Waals surface area contributed by atoms with E-state index in [9.17, 15) is 9.59 Å². The Balaban J connectivity index is 2.03. The second kappa shape index (κ2) is 11.1. The molecule has 0 unspecified atom stereocenters. The molecule has 7 nitrogen and oxygen atoms in total. The fraction of sp³-hybridized carbons (Fsp3) is 0.429. The fourth-order valence-corrected chi connectivity index (χ4v) is 2.76. The number of rotatable bonds is 10. The van der Waals surface area contributed by atoms with Crippen molar-refractivity contribution in [1.29, 1.82) is 0 Å². The number of nitrogens with zero attached hydrogens (tertiary/aromatic N) is 2. The zero-order valence-corrected chi connectivity index (χ0v) is 16.8. The van der Waals surface area contributed by atoms with Crippen molar-refractivity contribution in [1.82, 2.24) is 14.8 Å². The highest BCUT2D eigenvalue weighted by atomic mass is 16.5. The number of benzene rings is 1. The highest BCUT2D eigenvalue weighted by Gasteiger charge is 2.17. The molecule has 0 saturated heterocycles. The van der Waals surface area contributed by atoms with Gasteiger partial charge in [-0.3, -0.25) is 4.79 Å². The predicted molar refractivity (Wildman–Crippen MR) is 107 cm³/mol. The van der Waals surface area contributed by atoms with Crippen molar-refractivity contribution in [2.24, 2.45) is 0 Å². The van der Waals surface area contributed by atoms with Gasteiger partial charge in [-0.05, 0) is 31.5 Å². The van der Waals surface area contributed by atoms with Crippen LogP contribution < -0.4 is 5.32 Å². The SMILES string of the molecule is CCOC(=O)CNC(=O)N(CCOC)Cc1cccn1Cc1ccc(C)cc1. The predicted octanol–water partition coefficient (Wildman–Crippen LogP) is 2.57. The number of aryl methyl sites for hydroxylation is 1. The van der Waals surface area contributed by atoms with Crippen LogP contribution in [0, 0.1) is 6.92 Å². The molecule has 1 aromatic heterocycles. The van der Waals surface area contributed by atoms with Gasteiger partial charge in [-0.25, -0.2) is 4.79 Å². The van der Waals surface area contributed by atoms with E-state index < -0.39 is 5.97 Å². The van der Waals surface area contributed by atoms with Crippen LogP contribution in [-0.2, 0) is 27.4 Å². The van der Waals surface area contributed by atoms with Crippen LogP contribution in [0.4, 0.5) is 4.79 Å². The lowest BCUT2D eigenvalue weighted by atomic mass is 10.1. The fourth-order valence-electron chi connectivity index (χ4n) is 2.76. The molecule has 0 bridgehead atoms. The molecule has 2 aromatic rings. The molecule has 0 aliphatic carbocycles. The van der Waals surface area contributed by atoms with E-state index >= 15 is 0 Å². The van der Waals surface area contributed by atoms with Crippen molar-refractivity contribution in [3.05, 3.63) is 59.4 Å². The Morgan fingerprint density at radius 3 is 2.61 bits per heavy atom. The molecule has 0 aliphatic heterocycles. The van der Waals surface area contributed by atoms with Crippen molar-refractivity contribution in [2.75, 3.05) is 33.4 Å². The molecule has 28 heavy (non-hydrogen) atoms. The summed E-state index contributed by atoms with van der Waals surface area (Å²) in [6.07, 6.45) is 2.00. The maximum atomic E-state index is 12.5. The Morgan fingerprint density at radius 2 is 1.93 bits per heavy atom. The molecule has 0 atom stereocenters. The lowest BCUT2D eigenvalue weighted by molar-refractivity contribution is -0.141. The molecule has 7 heteroatoms. The van der Waals surface area contributed by atoms with E-state index in [-0.39, 0.29) is 19.2 Å². The van der Waals surface area contributed by atoms with E-state index in [0.29, 0.717) is 19.7 Å². The molecule has 2 amide bonds. The largest absolute Gasteiger partial charge is 0.465 e. The first kappa shape index (κ1) is 21.5. The van der Waals surface area contributed by atoms with Crippen molar-refractivity contribution in [3.8, 4) is 0 Å². The van der Waals surface area contributed by atoms with Gasteiger partial charge in [-0.1, -0.05) is 29.8 Å². The summed E-state index contributed by atoms with van der Waals surface area (Å²) in [6.45, 7) is 5.89. The van der Waals surface area contributed by atoms with Gasteiger partial charge in [0.05, 0.1) is 19.8 Å². The third-order valence-electron chi connectivity index (χ3n) is 4.29. The van der Waals surface area contributed by atoms with E-state index in [0.717, 1.165) is 12.2 Å². The van der Waals surface area contributed by atoms with Crippen LogP contribution in [0.2, 0.25) is 0 Å². The molecule has 0 aliphatic rings. The van der Waals surface area contributed by atoms with Gasteiger partial charge < -0.3 is 24.3 Å². The van der Waals surface area contributed by atoms with Crippen LogP contribution in [0.15, 0.2) is 42.6 Å². The lowest BCUT2D eigenvalue weighted by Crippen LogP contribution is -2.43. The van der Waals surface area contributed by atoms with Gasteiger partial charge >= 0.3 is 12.0 Å². The second-order valence-corrected chi connectivity index (χ2v) is 6.49. The summed E-state index contributed by atoms with van der Waals surface area (Å²) >= 11 is 0.